The second kappa shape index (κ2) is 8.31. The summed E-state index contributed by atoms with van der Waals surface area (Å²) in [5.74, 6) is 2.58. The van der Waals surface area contributed by atoms with Gasteiger partial charge in [0, 0.05) is 42.0 Å². The molecule has 3 N–H and O–H groups in total. The molecule has 0 saturated carbocycles. The molecule has 1 aliphatic heterocycles. The maximum atomic E-state index is 6.11. The summed E-state index contributed by atoms with van der Waals surface area (Å²) in [7, 11) is 0. The highest BCUT2D eigenvalue weighted by atomic mass is 32.1. The fraction of sp³-hybridized carbons (Fsp3) is 0.238. The highest BCUT2D eigenvalue weighted by Gasteiger charge is 2.12. The Bertz CT molecular complexity index is 990. The van der Waals surface area contributed by atoms with Crippen LogP contribution in [0, 0.1) is 13.8 Å². The number of rotatable bonds is 5. The lowest BCUT2D eigenvalue weighted by Gasteiger charge is -2.18. The van der Waals surface area contributed by atoms with Crippen molar-refractivity contribution in [1.29, 1.82) is 0 Å². The zero-order valence-corrected chi connectivity index (χ0v) is 16.8. The van der Waals surface area contributed by atoms with E-state index in [1.807, 2.05) is 37.4 Å². The number of anilines is 1. The van der Waals surface area contributed by atoms with E-state index in [1.54, 1.807) is 17.5 Å². The van der Waals surface area contributed by atoms with Crippen molar-refractivity contribution < 1.29 is 4.74 Å². The first-order chi connectivity index (χ1) is 13.7. The lowest BCUT2D eigenvalue weighted by molar-refractivity contribution is 0.472. The molecule has 0 radical (unpaired) electrons. The van der Waals surface area contributed by atoms with Gasteiger partial charge in [-0.3, -0.25) is 4.98 Å². The van der Waals surface area contributed by atoms with Gasteiger partial charge in [-0.15, -0.1) is 11.3 Å². The highest BCUT2D eigenvalue weighted by Crippen LogP contribution is 2.34. The highest BCUT2D eigenvalue weighted by molar-refractivity contribution is 7.14. The Labute approximate surface area is 168 Å². The van der Waals surface area contributed by atoms with Crippen LogP contribution < -0.4 is 20.7 Å². The minimum atomic E-state index is 0.766. The van der Waals surface area contributed by atoms with E-state index in [4.69, 9.17) is 9.72 Å². The number of ether oxygens (including phenoxy) is 1. The van der Waals surface area contributed by atoms with E-state index in [2.05, 4.69) is 39.3 Å². The van der Waals surface area contributed by atoms with E-state index >= 15 is 0 Å². The molecule has 0 atom stereocenters. The smallest absolute Gasteiger partial charge is 0.187 e. The Morgan fingerprint density at radius 3 is 2.75 bits per heavy atom. The summed E-state index contributed by atoms with van der Waals surface area (Å²) >= 11 is 1.58. The van der Waals surface area contributed by atoms with Crippen LogP contribution in [0.15, 0.2) is 53.9 Å². The van der Waals surface area contributed by atoms with Gasteiger partial charge in [-0.1, -0.05) is 12.1 Å². The first-order valence-electron chi connectivity index (χ1n) is 9.30. The van der Waals surface area contributed by atoms with Gasteiger partial charge in [-0.25, -0.2) is 4.98 Å². The van der Waals surface area contributed by atoms with E-state index in [0.29, 0.717) is 0 Å². The Kier molecular flexibility index (Phi) is 5.43. The largest absolute Gasteiger partial charge is 0.455 e. The van der Waals surface area contributed by atoms with Gasteiger partial charge in [0.1, 0.15) is 17.3 Å². The van der Waals surface area contributed by atoms with Gasteiger partial charge in [0.05, 0.1) is 11.4 Å². The van der Waals surface area contributed by atoms with Crippen molar-refractivity contribution >= 4 is 16.5 Å². The molecule has 1 fully saturated rings. The summed E-state index contributed by atoms with van der Waals surface area (Å²) in [6, 6.07) is 9.85. The zero-order chi connectivity index (χ0) is 19.3. The van der Waals surface area contributed by atoms with Gasteiger partial charge in [-0.05, 0) is 38.5 Å². The molecule has 0 aliphatic carbocycles. The number of pyridine rings is 1. The lowest BCUT2D eigenvalue weighted by Crippen LogP contribution is -2.35. The van der Waals surface area contributed by atoms with Gasteiger partial charge in [0.15, 0.2) is 5.13 Å². The Morgan fingerprint density at radius 2 is 1.93 bits per heavy atom. The fourth-order valence-corrected chi connectivity index (χ4v) is 3.68. The summed E-state index contributed by atoms with van der Waals surface area (Å²) in [4.78, 5) is 9.02. The molecule has 2 aromatic heterocycles. The first kappa shape index (κ1) is 18.3. The number of thiazole rings is 1. The predicted molar refractivity (Wildman–Crippen MR) is 114 cm³/mol. The van der Waals surface area contributed by atoms with Crippen LogP contribution in [0.25, 0.3) is 11.3 Å². The second-order valence-corrected chi connectivity index (χ2v) is 7.42. The van der Waals surface area contributed by atoms with Crippen molar-refractivity contribution in [2.75, 3.05) is 18.4 Å². The van der Waals surface area contributed by atoms with Crippen molar-refractivity contribution in [1.82, 2.24) is 20.6 Å². The maximum absolute atomic E-state index is 6.11. The summed E-state index contributed by atoms with van der Waals surface area (Å²) in [5, 5.41) is 12.8. The van der Waals surface area contributed by atoms with Gasteiger partial charge in [-0.2, -0.15) is 0 Å². The Morgan fingerprint density at radius 1 is 1.11 bits per heavy atom. The van der Waals surface area contributed by atoms with Crippen molar-refractivity contribution in [2.24, 2.45) is 0 Å². The van der Waals surface area contributed by atoms with Crippen LogP contribution in [-0.4, -0.2) is 23.1 Å². The van der Waals surface area contributed by atoms with E-state index < -0.39 is 0 Å². The van der Waals surface area contributed by atoms with Crippen LogP contribution in [0.3, 0.4) is 0 Å². The zero-order valence-electron chi connectivity index (χ0n) is 16.0. The Hall–Kier alpha value is -3.06. The summed E-state index contributed by atoms with van der Waals surface area (Å²) in [6.07, 6.45) is 4.83. The third-order valence-corrected chi connectivity index (χ3v) is 5.34. The monoisotopic (exact) mass is 393 g/mol. The number of benzene rings is 1. The number of hydrogen-bond acceptors (Lipinski definition) is 7. The average Bonchev–Trinajstić information content (AvgIpc) is 3.19. The van der Waals surface area contributed by atoms with Crippen molar-refractivity contribution in [2.45, 2.75) is 20.3 Å². The average molecular weight is 394 g/mol. The molecule has 0 bridgehead atoms. The molecule has 3 heterocycles. The normalized spacial score (nSPS) is 13.4. The van der Waals surface area contributed by atoms with Gasteiger partial charge in [0.25, 0.3) is 0 Å². The maximum Gasteiger partial charge on any atom is 0.187 e. The standard InChI is InChI=1S/C21H23N5OS/c1-14-16(6-3-7-18(14)27-19-8-4-9-22-15(19)2)17-13-28-21(26-17)25-12-20-23-10-5-11-24-20/h3-4,6-9,12-13,23-24H,5,10-11H2,1-2H3,(H,25,26). The molecule has 7 heteroatoms. The molecule has 28 heavy (non-hydrogen) atoms. The summed E-state index contributed by atoms with van der Waals surface area (Å²) in [6.45, 7) is 5.98. The predicted octanol–water partition coefficient (Wildman–Crippen LogP) is 4.41. The summed E-state index contributed by atoms with van der Waals surface area (Å²) in [5.41, 5.74) is 3.91. The molecule has 3 aromatic rings. The number of aryl methyl sites for hydroxylation is 1. The third-order valence-electron chi connectivity index (χ3n) is 4.57. The molecule has 1 aromatic carbocycles. The molecule has 0 amide bonds. The molecule has 144 valence electrons. The van der Waals surface area contributed by atoms with Gasteiger partial charge < -0.3 is 20.7 Å². The van der Waals surface area contributed by atoms with Crippen molar-refractivity contribution in [3.63, 3.8) is 0 Å². The molecular formula is C21H23N5OS. The number of nitrogens with zero attached hydrogens (tertiary/aromatic N) is 2. The molecule has 0 unspecified atom stereocenters. The number of hydrogen-bond donors (Lipinski definition) is 3. The topological polar surface area (TPSA) is 71.1 Å². The first-order valence-corrected chi connectivity index (χ1v) is 10.2. The van der Waals surface area contributed by atoms with Gasteiger partial charge >= 0.3 is 0 Å². The van der Waals surface area contributed by atoms with E-state index in [0.717, 1.165) is 64.5 Å². The molecule has 1 aliphatic rings. The van der Waals surface area contributed by atoms with E-state index in [9.17, 15) is 0 Å². The quantitative estimate of drug-likeness (QED) is 0.597. The molecule has 4 rings (SSSR count). The van der Waals surface area contributed by atoms with Gasteiger partial charge in [0.2, 0.25) is 0 Å². The van der Waals surface area contributed by atoms with Crippen LogP contribution in [0.5, 0.6) is 11.5 Å². The van der Waals surface area contributed by atoms with Crippen LogP contribution in [0.1, 0.15) is 17.7 Å². The lowest BCUT2D eigenvalue weighted by atomic mass is 10.1. The van der Waals surface area contributed by atoms with Crippen molar-refractivity contribution in [3.05, 3.63) is 65.2 Å². The second-order valence-electron chi connectivity index (χ2n) is 6.57. The van der Waals surface area contributed by atoms with Crippen LogP contribution in [-0.2, 0) is 0 Å². The SMILES string of the molecule is Cc1ncccc1Oc1cccc(-c2csc(NC=C3NCCCN3)n2)c1C. The minimum absolute atomic E-state index is 0.766. The molecule has 1 saturated heterocycles. The van der Waals surface area contributed by atoms with Crippen molar-refractivity contribution in [3.8, 4) is 22.8 Å². The molecular weight excluding hydrogens is 370 g/mol. The summed E-state index contributed by atoms with van der Waals surface area (Å²) < 4.78 is 6.11. The van der Waals surface area contributed by atoms with Crippen LogP contribution in [0.2, 0.25) is 0 Å². The van der Waals surface area contributed by atoms with E-state index in [-0.39, 0.29) is 0 Å². The third kappa shape index (κ3) is 4.09. The van der Waals surface area contributed by atoms with Crippen LogP contribution in [0.4, 0.5) is 5.13 Å². The fourth-order valence-electron chi connectivity index (χ4n) is 3.00. The molecule has 6 nitrogen and oxygen atoms in total. The number of aromatic nitrogens is 2. The van der Waals surface area contributed by atoms with E-state index in [1.165, 1.54) is 0 Å². The van der Waals surface area contributed by atoms with Crippen LogP contribution >= 0.6 is 11.3 Å². The minimum Gasteiger partial charge on any atom is -0.455 e. The Balaban J connectivity index is 1.53. The number of nitrogens with one attached hydrogen (secondary N) is 3. The molecule has 0 spiro atoms.